The Hall–Kier alpha value is -2.13. The second-order valence-corrected chi connectivity index (χ2v) is 11.4. The van der Waals surface area contributed by atoms with Gasteiger partial charge in [-0.3, -0.25) is 9.36 Å². The summed E-state index contributed by atoms with van der Waals surface area (Å²) in [4.78, 5) is 27.4. The lowest BCUT2D eigenvalue weighted by Crippen LogP contribution is -2.45. The monoisotopic (exact) mass is 463 g/mol. The van der Waals surface area contributed by atoms with Gasteiger partial charge in [0, 0.05) is 31.7 Å². The van der Waals surface area contributed by atoms with Gasteiger partial charge in [-0.15, -0.1) is 0 Å². The van der Waals surface area contributed by atoms with Crippen LogP contribution in [0.5, 0.6) is 0 Å². The summed E-state index contributed by atoms with van der Waals surface area (Å²) in [6.45, 7) is 7.76. The molecule has 32 heavy (non-hydrogen) atoms. The van der Waals surface area contributed by atoms with Gasteiger partial charge in [-0.2, -0.15) is 4.31 Å². The summed E-state index contributed by atoms with van der Waals surface area (Å²) in [6, 6.07) is 4.70. The van der Waals surface area contributed by atoms with E-state index in [1.165, 1.54) is 21.0 Å². The molecule has 0 unspecified atom stereocenters. The highest BCUT2D eigenvalue weighted by atomic mass is 32.2. The van der Waals surface area contributed by atoms with Gasteiger partial charge >= 0.3 is 5.76 Å². The van der Waals surface area contributed by atoms with Gasteiger partial charge in [-0.1, -0.05) is 20.8 Å². The van der Waals surface area contributed by atoms with Crippen molar-refractivity contribution in [2.45, 2.75) is 70.4 Å². The first-order chi connectivity index (χ1) is 15.2. The normalized spacial score (nSPS) is 25.3. The Morgan fingerprint density at radius 3 is 2.56 bits per heavy atom. The number of likely N-dealkylation sites (tertiary alicyclic amines) is 1. The van der Waals surface area contributed by atoms with E-state index < -0.39 is 15.8 Å². The lowest BCUT2D eigenvalue weighted by molar-refractivity contribution is -0.135. The first-order valence-corrected chi connectivity index (χ1v) is 13.1. The maximum Gasteiger partial charge on any atom is 0.420 e. The third kappa shape index (κ3) is 4.37. The molecule has 2 aliphatic rings. The van der Waals surface area contributed by atoms with Crippen LogP contribution >= 0.6 is 0 Å². The minimum atomic E-state index is -3.69. The molecular formula is C23H33N3O5S. The van der Waals surface area contributed by atoms with Crippen molar-refractivity contribution in [1.82, 2.24) is 13.8 Å². The molecule has 0 saturated carbocycles. The quantitative estimate of drug-likeness (QED) is 0.679. The molecule has 1 aromatic heterocycles. The van der Waals surface area contributed by atoms with Gasteiger partial charge in [0.2, 0.25) is 15.9 Å². The minimum absolute atomic E-state index is 0.102. The van der Waals surface area contributed by atoms with E-state index in [4.69, 9.17) is 4.42 Å². The lowest BCUT2D eigenvalue weighted by atomic mass is 9.94. The number of carbonyl (C=O) groups excluding carboxylic acids is 1. The number of nitrogens with zero attached hydrogens (tertiary/aromatic N) is 3. The molecule has 8 nitrogen and oxygen atoms in total. The van der Waals surface area contributed by atoms with E-state index in [9.17, 15) is 18.0 Å². The topological polar surface area (TPSA) is 92.8 Å². The molecule has 1 amide bonds. The number of hydrogen-bond acceptors (Lipinski definition) is 5. The fourth-order valence-electron chi connectivity index (χ4n) is 5.29. The molecule has 0 radical (unpaired) electrons. The Kier molecular flexibility index (Phi) is 6.49. The van der Waals surface area contributed by atoms with Crippen LogP contribution in [-0.4, -0.2) is 53.8 Å². The van der Waals surface area contributed by atoms with E-state index >= 15 is 0 Å². The van der Waals surface area contributed by atoms with E-state index in [1.807, 2.05) is 4.90 Å². The van der Waals surface area contributed by atoms with Crippen molar-refractivity contribution in [2.75, 3.05) is 19.6 Å². The Labute approximate surface area is 189 Å². The second-order valence-electron chi connectivity index (χ2n) is 9.50. The summed E-state index contributed by atoms with van der Waals surface area (Å²) in [6.07, 6.45) is 4.97. The van der Waals surface area contributed by atoms with Gasteiger partial charge in [-0.05, 0) is 56.1 Å². The van der Waals surface area contributed by atoms with Gasteiger partial charge in [-0.25, -0.2) is 13.2 Å². The average Bonchev–Trinajstić information content (AvgIpc) is 3.07. The van der Waals surface area contributed by atoms with Crippen molar-refractivity contribution in [3.05, 3.63) is 28.7 Å². The molecule has 0 bridgehead atoms. The van der Waals surface area contributed by atoms with Gasteiger partial charge in [0.1, 0.15) is 6.54 Å². The maximum absolute atomic E-state index is 13.2. The number of carbonyl (C=O) groups is 1. The number of oxazole rings is 1. The fourth-order valence-corrected chi connectivity index (χ4v) is 6.98. The standard InChI is InChI=1S/C23H33N3O5S/c1-4-18-7-5-6-10-25(18)22(27)15-26-20-9-8-19(12-21(20)31-23(26)28)32(29,30)24-13-16(2)11-17(3)14-24/h8-9,12,16-18H,4-7,10-11,13-15H2,1-3H3/t16-,17+,18-/m0/s1. The Balaban J connectivity index is 1.60. The number of rotatable bonds is 5. The van der Waals surface area contributed by atoms with Crippen molar-refractivity contribution in [1.29, 1.82) is 0 Å². The SMILES string of the molecule is CC[C@H]1CCCCN1C(=O)Cn1c(=O)oc2cc(S(=O)(=O)N3C[C@H](C)C[C@H](C)C3)ccc21. The molecule has 2 aliphatic heterocycles. The summed E-state index contributed by atoms with van der Waals surface area (Å²) >= 11 is 0. The molecule has 1 aromatic carbocycles. The zero-order valence-corrected chi connectivity index (χ0v) is 19.9. The zero-order valence-electron chi connectivity index (χ0n) is 19.1. The van der Waals surface area contributed by atoms with Gasteiger partial charge in [0.25, 0.3) is 0 Å². The summed E-state index contributed by atoms with van der Waals surface area (Å²) < 4.78 is 34.6. The van der Waals surface area contributed by atoms with Crippen molar-refractivity contribution in [3.63, 3.8) is 0 Å². The van der Waals surface area contributed by atoms with E-state index in [-0.39, 0.29) is 29.0 Å². The largest absolute Gasteiger partial charge is 0.420 e. The van der Waals surface area contributed by atoms with Crippen molar-refractivity contribution in [3.8, 4) is 0 Å². The van der Waals surface area contributed by atoms with Crippen LogP contribution in [0, 0.1) is 11.8 Å². The van der Waals surface area contributed by atoms with Gasteiger partial charge in [0.05, 0.1) is 10.4 Å². The number of aromatic nitrogens is 1. The van der Waals surface area contributed by atoms with E-state index in [0.717, 1.165) is 32.1 Å². The third-order valence-corrected chi connectivity index (χ3v) is 8.65. The molecule has 2 aromatic rings. The summed E-state index contributed by atoms with van der Waals surface area (Å²) in [5, 5.41) is 0. The Morgan fingerprint density at radius 2 is 1.88 bits per heavy atom. The van der Waals surface area contributed by atoms with Crippen LogP contribution in [0.4, 0.5) is 0 Å². The average molecular weight is 464 g/mol. The minimum Gasteiger partial charge on any atom is -0.408 e. The Morgan fingerprint density at radius 1 is 1.16 bits per heavy atom. The molecule has 4 rings (SSSR count). The van der Waals surface area contributed by atoms with Crippen LogP contribution in [0.25, 0.3) is 11.1 Å². The predicted molar refractivity (Wildman–Crippen MR) is 122 cm³/mol. The molecule has 0 spiro atoms. The lowest BCUT2D eigenvalue weighted by Gasteiger charge is -2.35. The molecule has 0 aliphatic carbocycles. The van der Waals surface area contributed by atoms with Crippen molar-refractivity contribution in [2.24, 2.45) is 11.8 Å². The fraction of sp³-hybridized carbons (Fsp3) is 0.652. The molecule has 3 heterocycles. The number of fused-ring (bicyclic) bond motifs is 1. The Bertz CT molecular complexity index is 1140. The van der Waals surface area contributed by atoms with Crippen LogP contribution in [0.3, 0.4) is 0 Å². The summed E-state index contributed by atoms with van der Waals surface area (Å²) in [7, 11) is -3.69. The van der Waals surface area contributed by atoms with Crippen LogP contribution in [0.2, 0.25) is 0 Å². The second kappa shape index (κ2) is 9.02. The van der Waals surface area contributed by atoms with E-state index in [1.54, 1.807) is 6.07 Å². The summed E-state index contributed by atoms with van der Waals surface area (Å²) in [5.41, 5.74) is 0.625. The smallest absolute Gasteiger partial charge is 0.408 e. The third-order valence-electron chi connectivity index (χ3n) is 6.82. The first kappa shape index (κ1) is 23.0. The van der Waals surface area contributed by atoms with Crippen LogP contribution in [-0.2, 0) is 21.4 Å². The van der Waals surface area contributed by atoms with Crippen LogP contribution in [0.1, 0.15) is 52.9 Å². The first-order valence-electron chi connectivity index (χ1n) is 11.6. The van der Waals surface area contributed by atoms with Crippen molar-refractivity contribution >= 4 is 27.0 Å². The number of sulfonamides is 1. The molecular weight excluding hydrogens is 430 g/mol. The molecule has 2 saturated heterocycles. The number of hydrogen-bond donors (Lipinski definition) is 0. The highest BCUT2D eigenvalue weighted by molar-refractivity contribution is 7.89. The molecule has 2 fully saturated rings. The van der Waals surface area contributed by atoms with E-state index in [0.29, 0.717) is 37.0 Å². The molecule has 9 heteroatoms. The molecule has 176 valence electrons. The number of piperidine rings is 2. The predicted octanol–water partition coefficient (Wildman–Crippen LogP) is 3.05. The van der Waals surface area contributed by atoms with Gasteiger partial charge in [0.15, 0.2) is 5.58 Å². The van der Waals surface area contributed by atoms with E-state index in [2.05, 4.69) is 20.8 Å². The molecule has 0 N–H and O–H groups in total. The van der Waals surface area contributed by atoms with Crippen molar-refractivity contribution < 1.29 is 17.6 Å². The van der Waals surface area contributed by atoms with Gasteiger partial charge < -0.3 is 9.32 Å². The summed E-state index contributed by atoms with van der Waals surface area (Å²) in [5.74, 6) is -0.157. The maximum atomic E-state index is 13.2. The van der Waals surface area contributed by atoms with Crippen LogP contribution in [0.15, 0.2) is 32.3 Å². The zero-order chi connectivity index (χ0) is 23.0. The highest BCUT2D eigenvalue weighted by Crippen LogP contribution is 2.28. The highest BCUT2D eigenvalue weighted by Gasteiger charge is 2.32. The number of benzene rings is 1. The van der Waals surface area contributed by atoms with Crippen LogP contribution < -0.4 is 5.76 Å². The number of amides is 1. The molecule has 3 atom stereocenters.